The van der Waals surface area contributed by atoms with E-state index in [2.05, 4.69) is 4.90 Å². The van der Waals surface area contributed by atoms with Crippen LogP contribution < -0.4 is 4.74 Å². The van der Waals surface area contributed by atoms with Crippen LogP contribution in [0.25, 0.3) is 0 Å². The maximum absolute atomic E-state index is 13.0. The lowest BCUT2D eigenvalue weighted by molar-refractivity contribution is -0.137. The molecule has 1 heterocycles. The maximum atomic E-state index is 13.0. The zero-order valence-electron chi connectivity index (χ0n) is 15.7. The predicted molar refractivity (Wildman–Crippen MR) is 92.4 cm³/mol. The highest BCUT2D eigenvalue weighted by atomic mass is 19.4. The molecule has 1 aromatic carbocycles. The van der Waals surface area contributed by atoms with Crippen LogP contribution in [-0.4, -0.2) is 42.7 Å². The molecule has 0 N–H and O–H groups in total. The van der Waals surface area contributed by atoms with Crippen LogP contribution in [0.4, 0.5) is 13.2 Å². The minimum Gasteiger partial charge on any atom is -0.493 e. The molecule has 1 aliphatic rings. The van der Waals surface area contributed by atoms with Crippen molar-refractivity contribution in [3.8, 4) is 5.75 Å². The second-order valence-electron chi connectivity index (χ2n) is 7.62. The molecule has 1 atom stereocenters. The number of alkyl halides is 3. The third-order valence-electron chi connectivity index (χ3n) is 4.31. The number of halogens is 3. The summed E-state index contributed by atoms with van der Waals surface area (Å²) in [6.07, 6.45) is -1.58. The number of benzene rings is 1. The van der Waals surface area contributed by atoms with Crippen molar-refractivity contribution in [2.45, 2.75) is 57.9 Å². The zero-order valence-corrected chi connectivity index (χ0v) is 15.7. The number of esters is 1. The van der Waals surface area contributed by atoms with Crippen molar-refractivity contribution < 1.29 is 27.4 Å². The van der Waals surface area contributed by atoms with Gasteiger partial charge in [-0.2, -0.15) is 13.2 Å². The normalized spacial score (nSPS) is 18.8. The van der Waals surface area contributed by atoms with Gasteiger partial charge >= 0.3 is 12.1 Å². The molecule has 0 unspecified atom stereocenters. The molecule has 1 aromatic rings. The van der Waals surface area contributed by atoms with Crippen molar-refractivity contribution in [1.29, 1.82) is 0 Å². The van der Waals surface area contributed by atoms with E-state index in [4.69, 9.17) is 9.47 Å². The van der Waals surface area contributed by atoms with Crippen molar-refractivity contribution in [2.24, 2.45) is 0 Å². The molecule has 0 spiro atoms. The van der Waals surface area contributed by atoms with Crippen LogP contribution in [0.15, 0.2) is 18.2 Å². The lowest BCUT2D eigenvalue weighted by Crippen LogP contribution is -2.27. The van der Waals surface area contributed by atoms with E-state index in [1.54, 1.807) is 20.8 Å². The van der Waals surface area contributed by atoms with E-state index >= 15 is 0 Å². The van der Waals surface area contributed by atoms with E-state index < -0.39 is 23.3 Å². The summed E-state index contributed by atoms with van der Waals surface area (Å²) in [5.74, 6) is -0.704. The molecule has 0 aliphatic carbocycles. The smallest absolute Gasteiger partial charge is 0.416 e. The number of nitrogens with zero attached hydrogens (tertiary/aromatic N) is 1. The van der Waals surface area contributed by atoms with E-state index in [1.165, 1.54) is 6.07 Å². The molecule has 1 fully saturated rings. The Labute approximate surface area is 152 Å². The minimum atomic E-state index is -4.54. The zero-order chi connectivity index (χ0) is 19.5. The van der Waals surface area contributed by atoms with Crippen LogP contribution in [0.5, 0.6) is 5.75 Å². The summed E-state index contributed by atoms with van der Waals surface area (Å²) < 4.78 is 49.9. The number of carbonyl (C=O) groups is 1. The number of rotatable bonds is 5. The van der Waals surface area contributed by atoms with Gasteiger partial charge in [0.15, 0.2) is 0 Å². The Hall–Kier alpha value is -1.76. The molecule has 1 aliphatic heterocycles. The monoisotopic (exact) mass is 373 g/mol. The van der Waals surface area contributed by atoms with Gasteiger partial charge in [0.2, 0.25) is 0 Å². The second kappa shape index (κ2) is 7.86. The highest BCUT2D eigenvalue weighted by Crippen LogP contribution is 2.33. The molecular formula is C19H26F3NO3. The van der Waals surface area contributed by atoms with Crippen molar-refractivity contribution in [2.75, 3.05) is 20.2 Å². The molecule has 0 bridgehead atoms. The quantitative estimate of drug-likeness (QED) is 0.711. The highest BCUT2D eigenvalue weighted by molar-refractivity contribution is 5.93. The van der Waals surface area contributed by atoms with E-state index in [-0.39, 0.29) is 11.3 Å². The van der Waals surface area contributed by atoms with Gasteiger partial charge in [-0.05, 0) is 71.8 Å². The van der Waals surface area contributed by atoms with Gasteiger partial charge in [-0.15, -0.1) is 0 Å². The molecule has 4 nitrogen and oxygen atoms in total. The summed E-state index contributed by atoms with van der Waals surface area (Å²) in [5.41, 5.74) is -1.91. The molecule has 0 aromatic heterocycles. The van der Waals surface area contributed by atoms with Gasteiger partial charge in [0, 0.05) is 6.04 Å². The largest absolute Gasteiger partial charge is 0.493 e. The van der Waals surface area contributed by atoms with Crippen LogP contribution in [0, 0.1) is 0 Å². The minimum absolute atomic E-state index is 0.118. The van der Waals surface area contributed by atoms with E-state index in [0.29, 0.717) is 12.6 Å². The Balaban J connectivity index is 2.16. The molecule has 146 valence electrons. The molecule has 2 rings (SSSR count). The third-order valence-corrected chi connectivity index (χ3v) is 4.31. The molecule has 1 saturated heterocycles. The summed E-state index contributed by atoms with van der Waals surface area (Å²) in [5, 5.41) is 0. The van der Waals surface area contributed by atoms with Gasteiger partial charge < -0.3 is 14.4 Å². The lowest BCUT2D eigenvalue weighted by atomic mass is 10.1. The van der Waals surface area contributed by atoms with Crippen molar-refractivity contribution in [3.63, 3.8) is 0 Å². The van der Waals surface area contributed by atoms with Gasteiger partial charge in [0.25, 0.3) is 0 Å². The Kier molecular flexibility index (Phi) is 6.21. The third kappa shape index (κ3) is 5.62. The van der Waals surface area contributed by atoms with E-state index in [1.807, 2.05) is 7.05 Å². The number of ether oxygens (including phenoxy) is 2. The van der Waals surface area contributed by atoms with Crippen LogP contribution in [0.2, 0.25) is 0 Å². The van der Waals surface area contributed by atoms with Crippen LogP contribution in [-0.2, 0) is 10.9 Å². The summed E-state index contributed by atoms with van der Waals surface area (Å²) in [6.45, 7) is 6.35. The van der Waals surface area contributed by atoms with E-state index in [9.17, 15) is 18.0 Å². The average Bonchev–Trinajstić information content (AvgIpc) is 2.90. The SMILES string of the molecule is CN1CCC[C@H]1CCOc1ccc(C(F)(F)F)cc1C(=O)OC(C)(C)C. The van der Waals surface area contributed by atoms with Gasteiger partial charge in [-0.25, -0.2) is 4.79 Å². The number of carbonyl (C=O) groups excluding carboxylic acids is 1. The molecule has 0 radical (unpaired) electrons. The fourth-order valence-corrected chi connectivity index (χ4v) is 2.97. The molecular weight excluding hydrogens is 347 g/mol. The Morgan fingerprint density at radius 1 is 1.27 bits per heavy atom. The van der Waals surface area contributed by atoms with Crippen LogP contribution >= 0.6 is 0 Å². The molecule has 0 amide bonds. The summed E-state index contributed by atoms with van der Waals surface area (Å²) in [7, 11) is 2.04. The predicted octanol–water partition coefficient (Wildman–Crippen LogP) is 4.52. The van der Waals surface area contributed by atoms with Gasteiger partial charge in [0.1, 0.15) is 16.9 Å². The molecule has 26 heavy (non-hydrogen) atoms. The van der Waals surface area contributed by atoms with Gasteiger partial charge in [-0.3, -0.25) is 0 Å². The Morgan fingerprint density at radius 3 is 2.50 bits per heavy atom. The summed E-state index contributed by atoms with van der Waals surface area (Å²) in [6, 6.07) is 3.31. The number of hydrogen-bond donors (Lipinski definition) is 0. The number of likely N-dealkylation sites (tertiary alicyclic amines) is 1. The Bertz CT molecular complexity index is 638. The Morgan fingerprint density at radius 2 is 1.96 bits per heavy atom. The molecule has 0 saturated carbocycles. The van der Waals surface area contributed by atoms with Gasteiger partial charge in [-0.1, -0.05) is 0 Å². The van der Waals surface area contributed by atoms with Crippen molar-refractivity contribution >= 4 is 5.97 Å². The average molecular weight is 373 g/mol. The first-order chi connectivity index (χ1) is 12.0. The topological polar surface area (TPSA) is 38.8 Å². The molecule has 7 heteroatoms. The maximum Gasteiger partial charge on any atom is 0.416 e. The fraction of sp³-hybridized carbons (Fsp3) is 0.632. The first kappa shape index (κ1) is 20.6. The second-order valence-corrected chi connectivity index (χ2v) is 7.62. The van der Waals surface area contributed by atoms with Gasteiger partial charge in [0.05, 0.1) is 12.2 Å². The fourth-order valence-electron chi connectivity index (χ4n) is 2.97. The highest BCUT2D eigenvalue weighted by Gasteiger charge is 2.33. The van der Waals surface area contributed by atoms with Crippen LogP contribution in [0.3, 0.4) is 0 Å². The van der Waals surface area contributed by atoms with Crippen molar-refractivity contribution in [1.82, 2.24) is 4.90 Å². The van der Waals surface area contributed by atoms with E-state index in [0.717, 1.165) is 37.9 Å². The number of hydrogen-bond acceptors (Lipinski definition) is 4. The van der Waals surface area contributed by atoms with Crippen molar-refractivity contribution in [3.05, 3.63) is 29.3 Å². The summed E-state index contributed by atoms with van der Waals surface area (Å²) in [4.78, 5) is 14.6. The first-order valence-electron chi connectivity index (χ1n) is 8.75. The van der Waals surface area contributed by atoms with Crippen LogP contribution in [0.1, 0.15) is 56.0 Å². The summed E-state index contributed by atoms with van der Waals surface area (Å²) >= 11 is 0. The lowest BCUT2D eigenvalue weighted by Gasteiger charge is -2.22. The standard InChI is InChI=1S/C19H26F3NO3/c1-18(2,3)26-17(24)15-12-13(19(20,21)22)7-8-16(15)25-11-9-14-6-5-10-23(14)4/h7-8,12,14H,5-6,9-11H2,1-4H3/t14-/m0/s1. The first-order valence-corrected chi connectivity index (χ1v) is 8.75.